The van der Waals surface area contributed by atoms with Gasteiger partial charge in [0.2, 0.25) is 0 Å². The summed E-state index contributed by atoms with van der Waals surface area (Å²) in [7, 11) is 0. The van der Waals surface area contributed by atoms with Crippen molar-refractivity contribution in [1.82, 2.24) is 4.98 Å². The van der Waals surface area contributed by atoms with Crippen molar-refractivity contribution in [2.75, 3.05) is 19.8 Å². The van der Waals surface area contributed by atoms with Crippen LogP contribution in [-0.4, -0.2) is 53.5 Å². The summed E-state index contributed by atoms with van der Waals surface area (Å²) in [5.41, 5.74) is 4.62. The van der Waals surface area contributed by atoms with Crippen LogP contribution in [0.25, 0.3) is 6.08 Å². The number of hydrogen-bond acceptors (Lipinski definition) is 9. The molecule has 10 heteroatoms. The van der Waals surface area contributed by atoms with Gasteiger partial charge in [0.25, 0.3) is 5.69 Å². The molecule has 10 nitrogen and oxygen atoms in total. The van der Waals surface area contributed by atoms with Gasteiger partial charge < -0.3 is 14.2 Å². The summed E-state index contributed by atoms with van der Waals surface area (Å²) in [6, 6.07) is 18.1. The minimum atomic E-state index is -0.952. The maximum Gasteiger partial charge on any atom is 0.336 e. The standard InChI is InChI=1S/C35H37N3O7/c1-23(2)45-35(40)32-25(4)37-24(3)31(33(32)29-10-5-11-30(21-29)38(41)42)34(39)44-19-18-43-17-7-9-26-12-14-27(15-13-26)20-28-8-6-16-36-22-28/h5-16,21-23,32-33H,17-20H2,1-4H3. The van der Waals surface area contributed by atoms with E-state index in [4.69, 9.17) is 14.2 Å². The van der Waals surface area contributed by atoms with E-state index in [1.807, 2.05) is 42.6 Å². The molecule has 4 rings (SSSR count). The number of ether oxygens (including phenoxy) is 3. The van der Waals surface area contributed by atoms with E-state index in [1.54, 1.807) is 40.0 Å². The number of carbonyl (C=O) groups is 2. The van der Waals surface area contributed by atoms with E-state index >= 15 is 0 Å². The second-order valence-electron chi connectivity index (χ2n) is 10.9. The lowest BCUT2D eigenvalue weighted by Crippen LogP contribution is -2.37. The van der Waals surface area contributed by atoms with Crippen molar-refractivity contribution in [2.45, 2.75) is 46.1 Å². The van der Waals surface area contributed by atoms with Crippen molar-refractivity contribution in [2.24, 2.45) is 10.9 Å². The number of nitro groups is 1. The van der Waals surface area contributed by atoms with Crippen LogP contribution in [0.15, 0.2) is 95.4 Å². The summed E-state index contributed by atoms with van der Waals surface area (Å²) in [6.45, 7) is 7.22. The number of pyridine rings is 1. The predicted molar refractivity (Wildman–Crippen MR) is 171 cm³/mol. The van der Waals surface area contributed by atoms with Crippen molar-refractivity contribution in [3.63, 3.8) is 0 Å². The summed E-state index contributed by atoms with van der Waals surface area (Å²) in [4.78, 5) is 46.2. The Labute approximate surface area is 262 Å². The Balaban J connectivity index is 1.36. The molecule has 0 bridgehead atoms. The fourth-order valence-electron chi connectivity index (χ4n) is 5.20. The van der Waals surface area contributed by atoms with Crippen LogP contribution in [0.3, 0.4) is 0 Å². The lowest BCUT2D eigenvalue weighted by Gasteiger charge is -2.32. The molecule has 1 aliphatic heterocycles. The lowest BCUT2D eigenvalue weighted by molar-refractivity contribution is -0.384. The summed E-state index contributed by atoms with van der Waals surface area (Å²) >= 11 is 0. The summed E-state index contributed by atoms with van der Waals surface area (Å²) in [5, 5.41) is 11.5. The predicted octanol–water partition coefficient (Wildman–Crippen LogP) is 6.25. The molecule has 1 aliphatic rings. The molecule has 2 atom stereocenters. The second-order valence-corrected chi connectivity index (χ2v) is 10.9. The quantitative estimate of drug-likeness (QED) is 0.0959. The Morgan fingerprint density at radius 3 is 2.49 bits per heavy atom. The zero-order chi connectivity index (χ0) is 32.3. The topological polar surface area (TPSA) is 130 Å². The molecule has 3 aromatic rings. The van der Waals surface area contributed by atoms with Gasteiger partial charge in [-0.3, -0.25) is 24.9 Å². The molecule has 45 heavy (non-hydrogen) atoms. The molecule has 0 radical (unpaired) electrons. The summed E-state index contributed by atoms with van der Waals surface area (Å²) < 4.78 is 16.7. The largest absolute Gasteiger partial charge is 0.462 e. The number of allylic oxidation sites excluding steroid dienone is 1. The van der Waals surface area contributed by atoms with Crippen molar-refractivity contribution in [1.29, 1.82) is 0 Å². The van der Waals surface area contributed by atoms with Crippen molar-refractivity contribution < 1.29 is 28.7 Å². The third-order valence-corrected chi connectivity index (χ3v) is 7.19. The first kappa shape index (κ1) is 32.9. The molecular weight excluding hydrogens is 574 g/mol. The monoisotopic (exact) mass is 611 g/mol. The van der Waals surface area contributed by atoms with Gasteiger partial charge in [-0.15, -0.1) is 0 Å². The van der Waals surface area contributed by atoms with Gasteiger partial charge in [0.05, 0.1) is 29.8 Å². The molecule has 0 amide bonds. The number of rotatable bonds is 13. The third kappa shape index (κ3) is 9.02. The number of benzene rings is 2. The highest BCUT2D eigenvalue weighted by molar-refractivity contribution is 6.07. The van der Waals surface area contributed by atoms with Crippen LogP contribution in [0.2, 0.25) is 0 Å². The van der Waals surface area contributed by atoms with Gasteiger partial charge in [0.15, 0.2) is 0 Å². The molecule has 0 fully saturated rings. The molecule has 0 N–H and O–H groups in total. The average Bonchev–Trinajstić information content (AvgIpc) is 3.01. The van der Waals surface area contributed by atoms with Crippen molar-refractivity contribution in [3.05, 3.63) is 123 Å². The normalized spacial score (nSPS) is 16.5. The van der Waals surface area contributed by atoms with Crippen LogP contribution in [0.4, 0.5) is 5.69 Å². The van der Waals surface area contributed by atoms with Gasteiger partial charge in [-0.1, -0.05) is 54.6 Å². The molecule has 0 aliphatic carbocycles. The second kappa shape index (κ2) is 15.7. The Bertz CT molecular complexity index is 1590. The first-order valence-electron chi connectivity index (χ1n) is 14.7. The van der Waals surface area contributed by atoms with Gasteiger partial charge >= 0.3 is 11.9 Å². The molecule has 2 unspecified atom stereocenters. The van der Waals surface area contributed by atoms with Gasteiger partial charge in [0, 0.05) is 41.9 Å². The maximum atomic E-state index is 13.4. The van der Waals surface area contributed by atoms with Crippen LogP contribution in [0.5, 0.6) is 0 Å². The highest BCUT2D eigenvalue weighted by Gasteiger charge is 2.43. The van der Waals surface area contributed by atoms with E-state index in [-0.39, 0.29) is 24.5 Å². The molecule has 2 aromatic carbocycles. The molecule has 0 saturated carbocycles. The smallest absolute Gasteiger partial charge is 0.336 e. The fourth-order valence-corrected chi connectivity index (χ4v) is 5.20. The molecule has 234 valence electrons. The molecule has 0 spiro atoms. The zero-order valence-electron chi connectivity index (χ0n) is 25.8. The van der Waals surface area contributed by atoms with Crippen LogP contribution in [0, 0.1) is 16.0 Å². The van der Waals surface area contributed by atoms with E-state index in [0.29, 0.717) is 23.6 Å². The number of aliphatic imine (C=N–C) groups is 1. The highest BCUT2D eigenvalue weighted by Crippen LogP contribution is 2.41. The van der Waals surface area contributed by atoms with Crippen LogP contribution >= 0.6 is 0 Å². The SMILES string of the molecule is CC1=NC(C)=C(C(=O)OCCOCC=Cc2ccc(Cc3cccnc3)cc2)C(c2cccc([N+](=O)[O-])c2)C1C(=O)OC(C)C. The minimum absolute atomic E-state index is 0.0298. The van der Waals surface area contributed by atoms with E-state index in [2.05, 4.69) is 22.1 Å². The molecule has 1 aromatic heterocycles. The highest BCUT2D eigenvalue weighted by atomic mass is 16.6. The van der Waals surface area contributed by atoms with Crippen LogP contribution in [0.1, 0.15) is 55.9 Å². The van der Waals surface area contributed by atoms with E-state index in [9.17, 15) is 19.7 Å². The van der Waals surface area contributed by atoms with Crippen molar-refractivity contribution in [3.8, 4) is 0 Å². The Hall–Kier alpha value is -4.96. The van der Waals surface area contributed by atoms with E-state index < -0.39 is 34.8 Å². The Kier molecular flexibility index (Phi) is 11.5. The maximum absolute atomic E-state index is 13.4. The fraction of sp³-hybridized carbons (Fsp3) is 0.314. The Morgan fingerprint density at radius 2 is 1.80 bits per heavy atom. The number of esters is 2. The Morgan fingerprint density at radius 1 is 1.02 bits per heavy atom. The first-order valence-corrected chi connectivity index (χ1v) is 14.7. The van der Waals surface area contributed by atoms with Gasteiger partial charge in [-0.05, 0) is 62.4 Å². The number of non-ortho nitro benzene ring substituents is 1. The lowest BCUT2D eigenvalue weighted by atomic mass is 9.75. The van der Waals surface area contributed by atoms with Gasteiger partial charge in [-0.2, -0.15) is 0 Å². The van der Waals surface area contributed by atoms with E-state index in [0.717, 1.165) is 17.5 Å². The van der Waals surface area contributed by atoms with E-state index in [1.165, 1.54) is 23.8 Å². The number of nitro benzene ring substituents is 1. The summed E-state index contributed by atoms with van der Waals surface area (Å²) in [5.74, 6) is -3.07. The number of hydrogen-bond donors (Lipinski definition) is 0. The molecular formula is C35H37N3O7. The number of carbonyl (C=O) groups excluding carboxylic acids is 2. The summed E-state index contributed by atoms with van der Waals surface area (Å²) in [6.07, 6.45) is 7.87. The average molecular weight is 612 g/mol. The van der Waals surface area contributed by atoms with Gasteiger partial charge in [-0.25, -0.2) is 4.79 Å². The molecule has 0 saturated heterocycles. The van der Waals surface area contributed by atoms with Crippen LogP contribution in [-0.2, 0) is 30.2 Å². The first-order chi connectivity index (χ1) is 21.6. The minimum Gasteiger partial charge on any atom is -0.462 e. The zero-order valence-corrected chi connectivity index (χ0v) is 25.8. The van der Waals surface area contributed by atoms with Crippen LogP contribution < -0.4 is 0 Å². The van der Waals surface area contributed by atoms with Gasteiger partial charge in [0.1, 0.15) is 12.5 Å². The van der Waals surface area contributed by atoms with Crippen molar-refractivity contribution >= 4 is 29.4 Å². The third-order valence-electron chi connectivity index (χ3n) is 7.19. The number of aromatic nitrogens is 1. The molecule has 2 heterocycles. The number of nitrogens with zero attached hydrogens (tertiary/aromatic N) is 3.